The Morgan fingerprint density at radius 1 is 1.12 bits per heavy atom. The van der Waals surface area contributed by atoms with Gasteiger partial charge in [-0.25, -0.2) is 4.39 Å². The molecule has 8 heteroatoms. The first-order valence-corrected chi connectivity index (χ1v) is 11.0. The van der Waals surface area contributed by atoms with Crippen molar-refractivity contribution in [2.45, 2.75) is 12.5 Å². The summed E-state index contributed by atoms with van der Waals surface area (Å²) >= 11 is 0. The van der Waals surface area contributed by atoms with Gasteiger partial charge in [-0.1, -0.05) is 30.3 Å². The molecule has 1 atom stereocenters. The number of hydrogen-bond donors (Lipinski definition) is 1. The summed E-state index contributed by atoms with van der Waals surface area (Å²) in [4.78, 5) is 29.8. The lowest BCUT2D eigenvalue weighted by molar-refractivity contribution is -0.140. The third kappa shape index (κ3) is 4.77. The van der Waals surface area contributed by atoms with E-state index in [0.717, 1.165) is 25.7 Å². The minimum absolute atomic E-state index is 0.0229. The zero-order valence-corrected chi connectivity index (χ0v) is 18.5. The number of aliphatic hydroxyl groups excluding tert-OH is 1. The highest BCUT2D eigenvalue weighted by Gasteiger charge is 2.45. The maximum atomic E-state index is 14.3. The number of amides is 1. The fourth-order valence-corrected chi connectivity index (χ4v) is 4.35. The van der Waals surface area contributed by atoms with Crippen LogP contribution in [-0.4, -0.2) is 73.1 Å². The van der Waals surface area contributed by atoms with Gasteiger partial charge in [0.25, 0.3) is 11.7 Å². The number of rotatable bonds is 7. The molecule has 2 aliphatic rings. The highest BCUT2D eigenvalue weighted by Crippen LogP contribution is 2.39. The Bertz CT molecular complexity index is 1050. The quantitative estimate of drug-likeness (QED) is 0.394. The number of carbonyl (C=O) groups excluding carboxylic acids is 2. The number of halogens is 1. The first-order valence-electron chi connectivity index (χ1n) is 11.0. The molecule has 2 aromatic rings. The van der Waals surface area contributed by atoms with Crippen molar-refractivity contribution in [1.82, 2.24) is 9.80 Å². The second-order valence-corrected chi connectivity index (χ2v) is 8.06. The number of likely N-dealkylation sites (tertiary alicyclic amines) is 1. The fourth-order valence-electron chi connectivity index (χ4n) is 4.35. The van der Waals surface area contributed by atoms with Crippen LogP contribution in [0, 0.1) is 5.82 Å². The molecule has 0 saturated carbocycles. The van der Waals surface area contributed by atoms with E-state index in [1.807, 2.05) is 30.3 Å². The lowest BCUT2D eigenvalue weighted by Gasteiger charge is -2.29. The molecular formula is C25H27FN2O5. The van der Waals surface area contributed by atoms with Gasteiger partial charge in [-0.3, -0.25) is 14.5 Å². The smallest absolute Gasteiger partial charge is 0.295 e. The number of morpholine rings is 1. The summed E-state index contributed by atoms with van der Waals surface area (Å²) in [6.45, 7) is 4.18. The van der Waals surface area contributed by atoms with E-state index < -0.39 is 29.3 Å². The molecular weight excluding hydrogens is 427 g/mol. The fraction of sp³-hybridized carbons (Fsp3) is 0.360. The zero-order chi connectivity index (χ0) is 23.4. The van der Waals surface area contributed by atoms with Crippen LogP contribution in [0.2, 0.25) is 0 Å². The third-order valence-corrected chi connectivity index (χ3v) is 6.06. The Kier molecular flexibility index (Phi) is 7.05. The Hall–Kier alpha value is -3.23. The van der Waals surface area contributed by atoms with E-state index in [0.29, 0.717) is 31.7 Å². The largest absolute Gasteiger partial charge is 0.507 e. The van der Waals surface area contributed by atoms with Crippen LogP contribution in [0.3, 0.4) is 0 Å². The van der Waals surface area contributed by atoms with Crippen LogP contribution in [0.4, 0.5) is 4.39 Å². The Morgan fingerprint density at radius 2 is 1.85 bits per heavy atom. The van der Waals surface area contributed by atoms with Gasteiger partial charge in [0.05, 0.1) is 31.9 Å². The molecule has 4 rings (SSSR count). The summed E-state index contributed by atoms with van der Waals surface area (Å²) in [5, 5.41) is 11.0. The average molecular weight is 454 g/mol. The van der Waals surface area contributed by atoms with Gasteiger partial charge < -0.3 is 19.5 Å². The van der Waals surface area contributed by atoms with Gasteiger partial charge in [0.1, 0.15) is 5.76 Å². The zero-order valence-electron chi connectivity index (χ0n) is 18.5. The second-order valence-electron chi connectivity index (χ2n) is 8.06. The van der Waals surface area contributed by atoms with Crippen LogP contribution in [-0.2, 0) is 14.3 Å². The van der Waals surface area contributed by atoms with Crippen molar-refractivity contribution in [2.75, 3.05) is 46.5 Å². The first kappa shape index (κ1) is 22.9. The molecule has 1 amide bonds. The van der Waals surface area contributed by atoms with Crippen molar-refractivity contribution in [1.29, 1.82) is 0 Å². The van der Waals surface area contributed by atoms with E-state index in [1.54, 1.807) is 0 Å². The Labute approximate surface area is 192 Å². The topological polar surface area (TPSA) is 79.3 Å². The molecule has 33 heavy (non-hydrogen) atoms. The molecule has 0 spiro atoms. The summed E-state index contributed by atoms with van der Waals surface area (Å²) in [7, 11) is 1.34. The number of ketones is 1. The van der Waals surface area contributed by atoms with Crippen LogP contribution in [0.25, 0.3) is 5.76 Å². The molecule has 1 unspecified atom stereocenters. The summed E-state index contributed by atoms with van der Waals surface area (Å²) in [6, 6.07) is 12.3. The summed E-state index contributed by atoms with van der Waals surface area (Å²) in [5.74, 6) is -2.49. The number of hydrogen-bond acceptors (Lipinski definition) is 6. The monoisotopic (exact) mass is 454 g/mol. The molecule has 0 bridgehead atoms. The van der Waals surface area contributed by atoms with Crippen molar-refractivity contribution in [3.05, 3.63) is 71.0 Å². The number of benzene rings is 2. The number of methoxy groups -OCH3 is 1. The number of Topliss-reactive ketones (excluding diaryl/α,β-unsaturated/α-hetero) is 1. The maximum Gasteiger partial charge on any atom is 0.295 e. The summed E-state index contributed by atoms with van der Waals surface area (Å²) < 4.78 is 24.6. The molecule has 2 heterocycles. The number of ether oxygens (including phenoxy) is 2. The summed E-state index contributed by atoms with van der Waals surface area (Å²) in [5.41, 5.74) is 0.779. The Balaban J connectivity index is 1.66. The lowest BCUT2D eigenvalue weighted by Crippen LogP contribution is -2.38. The standard InChI is InChI=1S/C25H27FN2O5/c1-32-20-9-8-18(16-19(20)26)23(29)21-22(17-6-3-2-4-7-17)28(25(31)24(21)30)11-5-10-27-12-14-33-15-13-27/h2-4,6-9,16,22,29H,5,10-15H2,1H3/b23-21-. The van der Waals surface area contributed by atoms with Gasteiger partial charge in [-0.2, -0.15) is 0 Å². The van der Waals surface area contributed by atoms with Crippen LogP contribution >= 0.6 is 0 Å². The lowest BCUT2D eigenvalue weighted by atomic mass is 9.95. The van der Waals surface area contributed by atoms with Gasteiger partial charge in [0, 0.05) is 31.7 Å². The van der Waals surface area contributed by atoms with Crippen LogP contribution in [0.15, 0.2) is 54.1 Å². The van der Waals surface area contributed by atoms with Gasteiger partial charge >= 0.3 is 0 Å². The molecule has 7 nitrogen and oxygen atoms in total. The molecule has 174 valence electrons. The molecule has 0 aliphatic carbocycles. The average Bonchev–Trinajstić information content (AvgIpc) is 3.10. The van der Waals surface area contributed by atoms with Gasteiger partial charge in [0.2, 0.25) is 0 Å². The normalized spacial score (nSPS) is 20.9. The highest BCUT2D eigenvalue weighted by molar-refractivity contribution is 6.46. The minimum atomic E-state index is -0.774. The van der Waals surface area contributed by atoms with Crippen molar-refractivity contribution in [3.8, 4) is 5.75 Å². The van der Waals surface area contributed by atoms with E-state index in [2.05, 4.69) is 4.90 Å². The summed E-state index contributed by atoms with van der Waals surface area (Å²) in [6.07, 6.45) is 0.674. The van der Waals surface area contributed by atoms with E-state index in [1.165, 1.54) is 24.1 Å². The molecule has 2 fully saturated rings. The van der Waals surface area contributed by atoms with Crippen molar-refractivity contribution in [3.63, 3.8) is 0 Å². The predicted octanol–water partition coefficient (Wildman–Crippen LogP) is 2.98. The molecule has 0 radical (unpaired) electrons. The van der Waals surface area contributed by atoms with E-state index >= 15 is 0 Å². The van der Waals surface area contributed by atoms with E-state index in [9.17, 15) is 19.1 Å². The van der Waals surface area contributed by atoms with Crippen molar-refractivity contribution < 1.29 is 28.6 Å². The molecule has 2 saturated heterocycles. The van der Waals surface area contributed by atoms with Crippen LogP contribution in [0.1, 0.15) is 23.6 Å². The highest BCUT2D eigenvalue weighted by atomic mass is 19.1. The van der Waals surface area contributed by atoms with Gasteiger partial charge in [-0.15, -0.1) is 0 Å². The molecule has 2 aliphatic heterocycles. The maximum absolute atomic E-state index is 14.3. The first-order chi connectivity index (χ1) is 16.0. The van der Waals surface area contributed by atoms with Crippen LogP contribution < -0.4 is 4.74 Å². The predicted molar refractivity (Wildman–Crippen MR) is 120 cm³/mol. The van der Waals surface area contributed by atoms with E-state index in [-0.39, 0.29) is 16.9 Å². The van der Waals surface area contributed by atoms with Gasteiger partial charge in [-0.05, 0) is 30.2 Å². The van der Waals surface area contributed by atoms with Gasteiger partial charge in [0.15, 0.2) is 11.6 Å². The molecule has 2 aromatic carbocycles. The SMILES string of the molecule is COc1ccc(/C(O)=C2/C(=O)C(=O)N(CCCN3CCOCC3)C2c2ccccc2)cc1F. The van der Waals surface area contributed by atoms with Crippen molar-refractivity contribution >= 4 is 17.4 Å². The number of carbonyl (C=O) groups is 2. The third-order valence-electron chi connectivity index (χ3n) is 6.06. The second kappa shape index (κ2) is 10.1. The van der Waals surface area contributed by atoms with E-state index in [4.69, 9.17) is 9.47 Å². The number of nitrogens with zero attached hydrogens (tertiary/aromatic N) is 2. The van der Waals surface area contributed by atoms with Crippen molar-refractivity contribution in [2.24, 2.45) is 0 Å². The Morgan fingerprint density at radius 3 is 2.52 bits per heavy atom. The minimum Gasteiger partial charge on any atom is -0.507 e. The molecule has 1 N–H and O–H groups in total. The van der Waals surface area contributed by atoms with Crippen LogP contribution in [0.5, 0.6) is 5.75 Å². The molecule has 0 aromatic heterocycles. The number of aliphatic hydroxyl groups is 1.